The molecule has 20 heavy (non-hydrogen) atoms. The van der Waals surface area contributed by atoms with Crippen molar-refractivity contribution in [2.45, 2.75) is 52.2 Å². The lowest BCUT2D eigenvalue weighted by Crippen LogP contribution is -2.28. The Hall–Kier alpha value is -1.09. The average Bonchev–Trinajstić information content (AvgIpc) is 3.02. The maximum atomic E-state index is 5.79. The number of ether oxygens (including phenoxy) is 1. The molecule has 110 valence electrons. The van der Waals surface area contributed by atoms with Crippen molar-refractivity contribution in [3.05, 3.63) is 24.0 Å². The second-order valence-corrected chi connectivity index (χ2v) is 6.64. The largest absolute Gasteiger partial charge is 0.489 e. The number of nitrogens with one attached hydrogen (secondary N) is 1. The highest BCUT2D eigenvalue weighted by Gasteiger charge is 2.48. The predicted molar refractivity (Wildman–Crippen MR) is 80.7 cm³/mol. The van der Waals surface area contributed by atoms with Gasteiger partial charge < -0.3 is 10.1 Å². The van der Waals surface area contributed by atoms with E-state index in [1.165, 1.54) is 24.8 Å². The fourth-order valence-corrected chi connectivity index (χ4v) is 3.75. The van der Waals surface area contributed by atoms with Crippen LogP contribution in [0.3, 0.4) is 0 Å². The van der Waals surface area contributed by atoms with E-state index in [9.17, 15) is 0 Å². The zero-order valence-electron chi connectivity index (χ0n) is 12.8. The van der Waals surface area contributed by atoms with Crippen molar-refractivity contribution in [2.24, 2.45) is 17.8 Å². The number of hydrogen-bond donors (Lipinski definition) is 1. The van der Waals surface area contributed by atoms with Gasteiger partial charge in [-0.3, -0.25) is 4.98 Å². The number of rotatable bonds is 6. The summed E-state index contributed by atoms with van der Waals surface area (Å²) in [4.78, 5) is 4.38. The van der Waals surface area contributed by atoms with Crippen LogP contribution in [0.4, 0.5) is 0 Å². The molecule has 1 heterocycles. The van der Waals surface area contributed by atoms with Crippen LogP contribution >= 0.6 is 0 Å². The van der Waals surface area contributed by atoms with Gasteiger partial charge in [-0.1, -0.05) is 6.92 Å². The number of pyridine rings is 1. The molecule has 1 aromatic rings. The fraction of sp³-hybridized carbons (Fsp3) is 0.706. The maximum absolute atomic E-state index is 5.79. The minimum atomic E-state index is 0.198. The molecule has 0 saturated heterocycles. The topological polar surface area (TPSA) is 34.2 Å². The first kappa shape index (κ1) is 13.9. The molecule has 0 amide bonds. The Morgan fingerprint density at radius 3 is 2.65 bits per heavy atom. The van der Waals surface area contributed by atoms with Gasteiger partial charge in [-0.25, -0.2) is 0 Å². The summed E-state index contributed by atoms with van der Waals surface area (Å²) < 4.78 is 5.79. The molecular formula is C17H26N2O. The molecule has 3 heteroatoms. The van der Waals surface area contributed by atoms with Crippen molar-refractivity contribution < 1.29 is 4.74 Å². The monoisotopic (exact) mass is 274 g/mol. The third-order valence-corrected chi connectivity index (χ3v) is 4.64. The van der Waals surface area contributed by atoms with E-state index in [0.29, 0.717) is 6.04 Å². The molecule has 2 fully saturated rings. The normalized spacial score (nSPS) is 29.3. The van der Waals surface area contributed by atoms with E-state index in [-0.39, 0.29) is 6.10 Å². The smallest absolute Gasteiger partial charge is 0.138 e. The van der Waals surface area contributed by atoms with Gasteiger partial charge >= 0.3 is 0 Å². The zero-order valence-corrected chi connectivity index (χ0v) is 12.8. The molecular weight excluding hydrogens is 248 g/mol. The van der Waals surface area contributed by atoms with Gasteiger partial charge in [0.25, 0.3) is 0 Å². The van der Waals surface area contributed by atoms with Crippen LogP contribution in [0.5, 0.6) is 5.75 Å². The number of nitrogens with zero attached hydrogens (tertiary/aromatic N) is 1. The lowest BCUT2D eigenvalue weighted by atomic mass is 9.90. The molecule has 2 saturated carbocycles. The van der Waals surface area contributed by atoms with Crippen molar-refractivity contribution in [2.75, 3.05) is 6.54 Å². The molecule has 3 nitrogen and oxygen atoms in total. The van der Waals surface area contributed by atoms with Crippen LogP contribution in [0.2, 0.25) is 0 Å². The van der Waals surface area contributed by atoms with Crippen molar-refractivity contribution in [3.8, 4) is 5.75 Å². The quantitative estimate of drug-likeness (QED) is 0.861. The average molecular weight is 274 g/mol. The van der Waals surface area contributed by atoms with E-state index in [2.05, 4.69) is 37.1 Å². The molecule has 3 atom stereocenters. The van der Waals surface area contributed by atoms with Crippen LogP contribution in [0, 0.1) is 17.8 Å². The second kappa shape index (κ2) is 5.72. The van der Waals surface area contributed by atoms with Crippen molar-refractivity contribution >= 4 is 0 Å². The predicted octanol–water partition coefficient (Wildman–Crippen LogP) is 3.57. The first-order valence-corrected chi connectivity index (χ1v) is 8.02. The van der Waals surface area contributed by atoms with Gasteiger partial charge in [0, 0.05) is 12.2 Å². The maximum Gasteiger partial charge on any atom is 0.138 e. The SMILES string of the molecule is CCNC(c1cncc(OC(C)C)c1)C1CC2CC2C1. The summed E-state index contributed by atoms with van der Waals surface area (Å²) in [5.74, 6) is 3.70. The highest BCUT2D eigenvalue weighted by molar-refractivity contribution is 5.27. The van der Waals surface area contributed by atoms with Gasteiger partial charge in [-0.2, -0.15) is 0 Å². The molecule has 1 N–H and O–H groups in total. The summed E-state index contributed by atoms with van der Waals surface area (Å²) in [6.45, 7) is 7.30. The summed E-state index contributed by atoms with van der Waals surface area (Å²) in [7, 11) is 0. The lowest BCUT2D eigenvalue weighted by Gasteiger charge is -2.26. The summed E-state index contributed by atoms with van der Waals surface area (Å²) in [6, 6.07) is 2.61. The van der Waals surface area contributed by atoms with E-state index >= 15 is 0 Å². The molecule has 0 spiro atoms. The van der Waals surface area contributed by atoms with Gasteiger partial charge in [0.1, 0.15) is 5.75 Å². The molecule has 0 radical (unpaired) electrons. The third kappa shape index (κ3) is 2.98. The lowest BCUT2D eigenvalue weighted by molar-refractivity contribution is 0.240. The summed E-state index contributed by atoms with van der Waals surface area (Å²) in [5.41, 5.74) is 1.29. The highest BCUT2D eigenvalue weighted by Crippen LogP contribution is 2.57. The van der Waals surface area contributed by atoms with Gasteiger partial charge in [-0.05, 0) is 69.0 Å². The number of aromatic nitrogens is 1. The Kier molecular flexibility index (Phi) is 3.97. The third-order valence-electron chi connectivity index (χ3n) is 4.64. The summed E-state index contributed by atoms with van der Waals surface area (Å²) >= 11 is 0. The van der Waals surface area contributed by atoms with E-state index in [1.807, 2.05) is 12.4 Å². The molecule has 0 aliphatic heterocycles. The second-order valence-electron chi connectivity index (χ2n) is 6.64. The van der Waals surface area contributed by atoms with Crippen LogP contribution in [0.25, 0.3) is 0 Å². The van der Waals surface area contributed by atoms with Gasteiger partial charge in [0.05, 0.1) is 12.3 Å². The molecule has 0 aromatic carbocycles. The highest BCUT2D eigenvalue weighted by atomic mass is 16.5. The van der Waals surface area contributed by atoms with Gasteiger partial charge in [0.2, 0.25) is 0 Å². The first-order chi connectivity index (χ1) is 9.67. The summed E-state index contributed by atoms with van der Waals surface area (Å²) in [5, 5.41) is 3.67. The molecule has 1 aromatic heterocycles. The van der Waals surface area contributed by atoms with E-state index in [4.69, 9.17) is 4.74 Å². The Morgan fingerprint density at radius 2 is 2.00 bits per heavy atom. The first-order valence-electron chi connectivity index (χ1n) is 8.02. The molecule has 0 bridgehead atoms. The number of hydrogen-bond acceptors (Lipinski definition) is 3. The molecule has 3 unspecified atom stereocenters. The van der Waals surface area contributed by atoms with E-state index in [1.54, 1.807) is 0 Å². The minimum Gasteiger partial charge on any atom is -0.489 e. The fourth-order valence-electron chi connectivity index (χ4n) is 3.75. The van der Waals surface area contributed by atoms with Crippen LogP contribution in [0.15, 0.2) is 18.5 Å². The van der Waals surface area contributed by atoms with Crippen LogP contribution in [0.1, 0.15) is 51.6 Å². The Bertz CT molecular complexity index is 450. The molecule has 2 aliphatic carbocycles. The number of fused-ring (bicyclic) bond motifs is 1. The van der Waals surface area contributed by atoms with Crippen LogP contribution < -0.4 is 10.1 Å². The molecule has 2 aliphatic rings. The Morgan fingerprint density at radius 1 is 1.25 bits per heavy atom. The van der Waals surface area contributed by atoms with Crippen molar-refractivity contribution in [1.29, 1.82) is 0 Å². The van der Waals surface area contributed by atoms with E-state index < -0.39 is 0 Å². The molecule has 3 rings (SSSR count). The minimum absolute atomic E-state index is 0.198. The van der Waals surface area contributed by atoms with Gasteiger partial charge in [0.15, 0.2) is 0 Å². The Balaban J connectivity index is 1.76. The van der Waals surface area contributed by atoms with E-state index in [0.717, 1.165) is 30.0 Å². The van der Waals surface area contributed by atoms with Crippen LogP contribution in [-0.2, 0) is 0 Å². The Labute approximate surface area is 122 Å². The van der Waals surface area contributed by atoms with Crippen molar-refractivity contribution in [3.63, 3.8) is 0 Å². The summed E-state index contributed by atoms with van der Waals surface area (Å²) in [6.07, 6.45) is 8.27. The van der Waals surface area contributed by atoms with Crippen LogP contribution in [-0.4, -0.2) is 17.6 Å². The zero-order chi connectivity index (χ0) is 14.1. The van der Waals surface area contributed by atoms with Crippen molar-refractivity contribution in [1.82, 2.24) is 10.3 Å². The van der Waals surface area contributed by atoms with Gasteiger partial charge in [-0.15, -0.1) is 0 Å². The standard InChI is InChI=1S/C17H26N2O/c1-4-19-17(14-6-12-5-13(12)7-14)15-8-16(10-18-9-15)20-11(2)3/h8-14,17,19H,4-7H2,1-3H3.